The smallest absolute Gasteiger partial charge is 0.0537 e. The van der Waals surface area contributed by atoms with Crippen molar-refractivity contribution in [3.63, 3.8) is 0 Å². The van der Waals surface area contributed by atoms with Crippen molar-refractivity contribution in [2.45, 2.75) is 71.9 Å². The van der Waals surface area contributed by atoms with E-state index in [4.69, 9.17) is 0 Å². The van der Waals surface area contributed by atoms with Crippen LogP contribution in [0.25, 0.3) is 0 Å². The van der Waals surface area contributed by atoms with Gasteiger partial charge in [-0.3, -0.25) is 4.68 Å². The number of hydrogen-bond donors (Lipinski definition) is 1. The molecule has 114 valence electrons. The second kappa shape index (κ2) is 7.82. The minimum atomic E-state index is 0.500. The summed E-state index contributed by atoms with van der Waals surface area (Å²) in [7, 11) is 0. The number of nitrogens with zero attached hydrogens (tertiary/aromatic N) is 2. The summed E-state index contributed by atoms with van der Waals surface area (Å²) in [6.07, 6.45) is 12.4. The van der Waals surface area contributed by atoms with E-state index in [2.05, 4.69) is 48.3 Å². The molecule has 1 aliphatic carbocycles. The van der Waals surface area contributed by atoms with Gasteiger partial charge in [-0.2, -0.15) is 5.10 Å². The van der Waals surface area contributed by atoms with Crippen LogP contribution in [0.15, 0.2) is 12.4 Å². The van der Waals surface area contributed by atoms with Crippen LogP contribution in [0.5, 0.6) is 0 Å². The molecule has 1 fully saturated rings. The molecule has 1 aromatic heterocycles. The summed E-state index contributed by atoms with van der Waals surface area (Å²) in [5.41, 5.74) is 1.39. The van der Waals surface area contributed by atoms with Crippen molar-refractivity contribution in [2.24, 2.45) is 11.8 Å². The van der Waals surface area contributed by atoms with Crippen molar-refractivity contribution < 1.29 is 0 Å². The molecule has 0 aromatic carbocycles. The van der Waals surface area contributed by atoms with Crippen LogP contribution in [0.4, 0.5) is 0 Å². The Hall–Kier alpha value is -0.830. The average molecular weight is 277 g/mol. The third-order valence-corrected chi connectivity index (χ3v) is 4.76. The molecular weight excluding hydrogens is 246 g/mol. The van der Waals surface area contributed by atoms with Crippen molar-refractivity contribution in [3.05, 3.63) is 18.0 Å². The quantitative estimate of drug-likeness (QED) is 0.811. The van der Waals surface area contributed by atoms with E-state index < -0.39 is 0 Å². The monoisotopic (exact) mass is 277 g/mol. The molecule has 0 bridgehead atoms. The van der Waals surface area contributed by atoms with Gasteiger partial charge in [-0.1, -0.05) is 40.0 Å². The van der Waals surface area contributed by atoms with Gasteiger partial charge in [0.25, 0.3) is 0 Å². The maximum atomic E-state index is 4.52. The fraction of sp³-hybridized carbons (Fsp3) is 0.824. The largest absolute Gasteiger partial charge is 0.310 e. The zero-order chi connectivity index (χ0) is 14.4. The lowest BCUT2D eigenvalue weighted by Crippen LogP contribution is -2.31. The molecular formula is C17H31N3. The number of nitrogens with one attached hydrogen (secondary N) is 1. The van der Waals surface area contributed by atoms with Crippen LogP contribution in [-0.4, -0.2) is 16.3 Å². The highest BCUT2D eigenvalue weighted by molar-refractivity contribution is 5.12. The Labute approximate surface area is 124 Å². The summed E-state index contributed by atoms with van der Waals surface area (Å²) in [4.78, 5) is 0. The summed E-state index contributed by atoms with van der Waals surface area (Å²) in [5.74, 6) is 1.72. The third kappa shape index (κ3) is 3.85. The Balaban J connectivity index is 2.08. The molecule has 3 heteroatoms. The molecule has 1 saturated carbocycles. The zero-order valence-electron chi connectivity index (χ0n) is 13.4. The first-order chi connectivity index (χ1) is 9.78. The molecule has 3 unspecified atom stereocenters. The second-order valence-electron chi connectivity index (χ2n) is 6.27. The van der Waals surface area contributed by atoms with Crippen LogP contribution >= 0.6 is 0 Å². The van der Waals surface area contributed by atoms with E-state index in [-0.39, 0.29) is 0 Å². The van der Waals surface area contributed by atoms with Crippen molar-refractivity contribution >= 4 is 0 Å². The highest BCUT2D eigenvalue weighted by Gasteiger charge is 2.29. The van der Waals surface area contributed by atoms with Crippen LogP contribution in [0.1, 0.15) is 70.9 Å². The molecule has 0 radical (unpaired) electrons. The summed E-state index contributed by atoms with van der Waals surface area (Å²) in [5, 5.41) is 8.24. The van der Waals surface area contributed by atoms with Gasteiger partial charge in [0.05, 0.1) is 6.20 Å². The van der Waals surface area contributed by atoms with Gasteiger partial charge in [0.2, 0.25) is 0 Å². The standard InChI is InChI=1S/C17H31N3/c1-4-10-20-13-16(12-19-20)17(18-6-3)15-9-7-8-14(5-2)11-15/h12-15,17-18H,4-11H2,1-3H3. The van der Waals surface area contributed by atoms with Gasteiger partial charge in [0, 0.05) is 24.3 Å². The molecule has 2 rings (SSSR count). The SMILES string of the molecule is CCCn1cc(C(NCC)C2CCCC(CC)C2)cn1. The molecule has 1 aliphatic rings. The topological polar surface area (TPSA) is 29.9 Å². The van der Waals surface area contributed by atoms with Crippen LogP contribution < -0.4 is 5.32 Å². The number of aromatic nitrogens is 2. The lowest BCUT2D eigenvalue weighted by atomic mass is 9.75. The molecule has 0 amide bonds. The Morgan fingerprint density at radius 1 is 1.35 bits per heavy atom. The molecule has 1 heterocycles. The third-order valence-electron chi connectivity index (χ3n) is 4.76. The number of aryl methyl sites for hydroxylation is 1. The number of rotatable bonds is 7. The predicted octanol–water partition coefficient (Wildman–Crippen LogP) is 4.16. The summed E-state index contributed by atoms with van der Waals surface area (Å²) in [6, 6.07) is 0.500. The Morgan fingerprint density at radius 3 is 2.90 bits per heavy atom. The summed E-state index contributed by atoms with van der Waals surface area (Å²) in [6.45, 7) is 8.83. The van der Waals surface area contributed by atoms with Crippen molar-refractivity contribution in [2.75, 3.05) is 6.54 Å². The highest BCUT2D eigenvalue weighted by atomic mass is 15.3. The lowest BCUT2D eigenvalue weighted by Gasteiger charge is -2.34. The van der Waals surface area contributed by atoms with Gasteiger partial charge in [-0.05, 0) is 37.6 Å². The minimum absolute atomic E-state index is 0.500. The summed E-state index contributed by atoms with van der Waals surface area (Å²) >= 11 is 0. The second-order valence-corrected chi connectivity index (χ2v) is 6.27. The molecule has 3 nitrogen and oxygen atoms in total. The van der Waals surface area contributed by atoms with E-state index in [1.165, 1.54) is 37.7 Å². The zero-order valence-corrected chi connectivity index (χ0v) is 13.4. The van der Waals surface area contributed by atoms with Crippen molar-refractivity contribution in [1.29, 1.82) is 0 Å². The van der Waals surface area contributed by atoms with Crippen LogP contribution in [0.3, 0.4) is 0 Å². The van der Waals surface area contributed by atoms with Crippen molar-refractivity contribution in [3.8, 4) is 0 Å². The first-order valence-corrected chi connectivity index (χ1v) is 8.54. The Bertz CT molecular complexity index is 385. The van der Waals surface area contributed by atoms with Gasteiger partial charge < -0.3 is 5.32 Å². The maximum absolute atomic E-state index is 4.52. The molecule has 20 heavy (non-hydrogen) atoms. The van der Waals surface area contributed by atoms with Gasteiger partial charge in [-0.25, -0.2) is 0 Å². The van der Waals surface area contributed by atoms with E-state index in [1.54, 1.807) is 0 Å². The molecule has 0 aliphatic heterocycles. The Kier molecular flexibility index (Phi) is 6.08. The van der Waals surface area contributed by atoms with Gasteiger partial charge in [-0.15, -0.1) is 0 Å². The van der Waals surface area contributed by atoms with Gasteiger partial charge in [0.1, 0.15) is 0 Å². The fourth-order valence-electron chi connectivity index (χ4n) is 3.67. The van der Waals surface area contributed by atoms with E-state index in [0.29, 0.717) is 6.04 Å². The predicted molar refractivity (Wildman–Crippen MR) is 84.7 cm³/mol. The normalized spacial score (nSPS) is 24.8. The molecule has 1 aromatic rings. The Morgan fingerprint density at radius 2 is 2.20 bits per heavy atom. The highest BCUT2D eigenvalue weighted by Crippen LogP contribution is 2.38. The minimum Gasteiger partial charge on any atom is -0.310 e. The summed E-state index contributed by atoms with van der Waals surface area (Å²) < 4.78 is 2.10. The molecule has 1 N–H and O–H groups in total. The van der Waals surface area contributed by atoms with E-state index in [0.717, 1.165) is 31.3 Å². The van der Waals surface area contributed by atoms with E-state index in [1.807, 2.05) is 0 Å². The van der Waals surface area contributed by atoms with E-state index >= 15 is 0 Å². The maximum Gasteiger partial charge on any atom is 0.0537 e. The first-order valence-electron chi connectivity index (χ1n) is 8.54. The average Bonchev–Trinajstić information content (AvgIpc) is 2.93. The first kappa shape index (κ1) is 15.6. The molecule has 0 spiro atoms. The van der Waals surface area contributed by atoms with Crippen LogP contribution in [0.2, 0.25) is 0 Å². The fourth-order valence-corrected chi connectivity index (χ4v) is 3.67. The lowest BCUT2D eigenvalue weighted by molar-refractivity contribution is 0.210. The van der Waals surface area contributed by atoms with Crippen LogP contribution in [0, 0.1) is 11.8 Å². The van der Waals surface area contributed by atoms with Gasteiger partial charge >= 0.3 is 0 Å². The molecule has 0 saturated heterocycles. The van der Waals surface area contributed by atoms with E-state index in [9.17, 15) is 0 Å². The number of hydrogen-bond acceptors (Lipinski definition) is 2. The van der Waals surface area contributed by atoms with Gasteiger partial charge in [0.15, 0.2) is 0 Å². The van der Waals surface area contributed by atoms with Crippen LogP contribution in [-0.2, 0) is 6.54 Å². The van der Waals surface area contributed by atoms with Crippen molar-refractivity contribution in [1.82, 2.24) is 15.1 Å². The molecule has 3 atom stereocenters.